The molecule has 0 bridgehead atoms. The zero-order valence-electron chi connectivity index (χ0n) is 10.3. The second-order valence-corrected chi connectivity index (χ2v) is 4.43. The quantitative estimate of drug-likeness (QED) is 0.885. The standard InChI is InChI=1S/C14H11ClF2N2O/c15-11-7-10(16)5-6-13(11)19-14(20)18-8-9-3-1-2-4-12(9)17/h1-7H,8H2,(H2,18,19,20). The molecule has 2 aromatic carbocycles. The van der Waals surface area contributed by atoms with E-state index in [-0.39, 0.29) is 17.3 Å². The molecule has 0 saturated carbocycles. The number of benzene rings is 2. The minimum atomic E-state index is -0.554. The fourth-order valence-corrected chi connectivity index (χ4v) is 1.79. The second kappa shape index (κ2) is 6.34. The van der Waals surface area contributed by atoms with Gasteiger partial charge in [0.1, 0.15) is 11.6 Å². The molecule has 0 unspecified atom stereocenters. The summed E-state index contributed by atoms with van der Waals surface area (Å²) >= 11 is 5.77. The van der Waals surface area contributed by atoms with E-state index in [0.29, 0.717) is 5.56 Å². The molecule has 2 aromatic rings. The molecule has 20 heavy (non-hydrogen) atoms. The Labute approximate surface area is 119 Å². The van der Waals surface area contributed by atoms with E-state index in [1.54, 1.807) is 18.2 Å². The number of rotatable bonds is 3. The van der Waals surface area contributed by atoms with Crippen molar-refractivity contribution in [3.05, 3.63) is 64.7 Å². The van der Waals surface area contributed by atoms with Crippen LogP contribution in [0.1, 0.15) is 5.56 Å². The lowest BCUT2D eigenvalue weighted by molar-refractivity contribution is 0.251. The van der Waals surface area contributed by atoms with Crippen LogP contribution in [0.5, 0.6) is 0 Å². The normalized spacial score (nSPS) is 10.2. The van der Waals surface area contributed by atoms with E-state index in [9.17, 15) is 13.6 Å². The third-order valence-corrected chi connectivity index (χ3v) is 2.89. The maximum Gasteiger partial charge on any atom is 0.319 e. The van der Waals surface area contributed by atoms with Gasteiger partial charge in [-0.25, -0.2) is 13.6 Å². The molecule has 0 aliphatic rings. The summed E-state index contributed by atoms with van der Waals surface area (Å²) in [6.07, 6.45) is 0. The topological polar surface area (TPSA) is 41.1 Å². The smallest absolute Gasteiger partial charge is 0.319 e. The van der Waals surface area contributed by atoms with Crippen LogP contribution in [0.15, 0.2) is 42.5 Å². The number of hydrogen-bond acceptors (Lipinski definition) is 1. The summed E-state index contributed by atoms with van der Waals surface area (Å²) in [4.78, 5) is 11.6. The molecule has 104 valence electrons. The molecule has 2 amide bonds. The Bertz CT molecular complexity index is 634. The van der Waals surface area contributed by atoms with Crippen LogP contribution in [0.4, 0.5) is 19.3 Å². The van der Waals surface area contributed by atoms with Crippen LogP contribution in [0.25, 0.3) is 0 Å². The van der Waals surface area contributed by atoms with Gasteiger partial charge in [0.05, 0.1) is 10.7 Å². The molecule has 0 radical (unpaired) electrons. The van der Waals surface area contributed by atoms with Crippen LogP contribution < -0.4 is 10.6 Å². The third kappa shape index (κ3) is 3.68. The summed E-state index contributed by atoms with van der Waals surface area (Å²) < 4.78 is 26.2. The summed E-state index contributed by atoms with van der Waals surface area (Å²) in [5.74, 6) is -0.889. The van der Waals surface area contributed by atoms with Crippen LogP contribution in [0.3, 0.4) is 0 Å². The molecule has 0 aromatic heterocycles. The van der Waals surface area contributed by atoms with Crippen molar-refractivity contribution in [2.24, 2.45) is 0 Å². The molecule has 0 aliphatic heterocycles. The highest BCUT2D eigenvalue weighted by atomic mass is 35.5. The van der Waals surface area contributed by atoms with Crippen LogP contribution in [-0.4, -0.2) is 6.03 Å². The first-order valence-corrected chi connectivity index (χ1v) is 6.17. The Morgan fingerprint density at radius 3 is 2.60 bits per heavy atom. The Morgan fingerprint density at radius 1 is 1.15 bits per heavy atom. The average Bonchev–Trinajstić information content (AvgIpc) is 2.41. The summed E-state index contributed by atoms with van der Waals surface area (Å²) in [5, 5.41) is 5.03. The lowest BCUT2D eigenvalue weighted by Crippen LogP contribution is -2.28. The lowest BCUT2D eigenvalue weighted by atomic mass is 10.2. The minimum absolute atomic E-state index is 0.0390. The highest BCUT2D eigenvalue weighted by Crippen LogP contribution is 2.22. The van der Waals surface area contributed by atoms with Gasteiger partial charge in [0.15, 0.2) is 0 Å². The van der Waals surface area contributed by atoms with Crippen molar-refractivity contribution in [3.63, 3.8) is 0 Å². The second-order valence-electron chi connectivity index (χ2n) is 4.02. The zero-order valence-corrected chi connectivity index (χ0v) is 11.0. The van der Waals surface area contributed by atoms with E-state index in [4.69, 9.17) is 11.6 Å². The molecule has 0 atom stereocenters. The average molecular weight is 297 g/mol. The van der Waals surface area contributed by atoms with Gasteiger partial charge in [0.2, 0.25) is 0 Å². The van der Waals surface area contributed by atoms with Crippen LogP contribution in [0.2, 0.25) is 5.02 Å². The summed E-state index contributed by atoms with van der Waals surface area (Å²) in [6, 6.07) is 9.19. The predicted molar refractivity (Wildman–Crippen MR) is 73.7 cm³/mol. The lowest BCUT2D eigenvalue weighted by Gasteiger charge is -2.09. The molecule has 0 saturated heterocycles. The van der Waals surface area contributed by atoms with Gasteiger partial charge in [-0.1, -0.05) is 29.8 Å². The SMILES string of the molecule is O=C(NCc1ccccc1F)Nc1ccc(F)cc1Cl. The molecule has 0 fully saturated rings. The third-order valence-electron chi connectivity index (χ3n) is 2.58. The van der Waals surface area contributed by atoms with Crippen molar-refractivity contribution in [1.29, 1.82) is 0 Å². The van der Waals surface area contributed by atoms with Crippen molar-refractivity contribution in [3.8, 4) is 0 Å². The number of urea groups is 1. The monoisotopic (exact) mass is 296 g/mol. The number of nitrogens with one attached hydrogen (secondary N) is 2. The number of carbonyl (C=O) groups excluding carboxylic acids is 1. The first kappa shape index (κ1) is 14.3. The van der Waals surface area contributed by atoms with Crippen molar-refractivity contribution < 1.29 is 13.6 Å². The van der Waals surface area contributed by atoms with Crippen LogP contribution >= 0.6 is 11.6 Å². The fourth-order valence-electron chi connectivity index (χ4n) is 1.57. The van der Waals surface area contributed by atoms with Crippen molar-refractivity contribution in [2.75, 3.05) is 5.32 Å². The van der Waals surface area contributed by atoms with Gasteiger partial charge in [0, 0.05) is 12.1 Å². The van der Waals surface area contributed by atoms with E-state index >= 15 is 0 Å². The molecular formula is C14H11ClF2N2O. The van der Waals surface area contributed by atoms with E-state index in [0.717, 1.165) is 6.07 Å². The van der Waals surface area contributed by atoms with Crippen molar-refractivity contribution >= 4 is 23.3 Å². The van der Waals surface area contributed by atoms with Gasteiger partial charge in [-0.05, 0) is 24.3 Å². The summed E-state index contributed by atoms with van der Waals surface area (Å²) in [7, 11) is 0. The van der Waals surface area contributed by atoms with E-state index in [2.05, 4.69) is 10.6 Å². The Hall–Kier alpha value is -2.14. The van der Waals surface area contributed by atoms with Crippen molar-refractivity contribution in [2.45, 2.75) is 6.54 Å². The highest BCUT2D eigenvalue weighted by molar-refractivity contribution is 6.33. The van der Waals surface area contributed by atoms with Gasteiger partial charge < -0.3 is 10.6 Å². The molecular weight excluding hydrogens is 286 g/mol. The van der Waals surface area contributed by atoms with Crippen molar-refractivity contribution in [1.82, 2.24) is 5.32 Å². The van der Waals surface area contributed by atoms with Gasteiger partial charge in [-0.2, -0.15) is 0 Å². The number of halogens is 3. The van der Waals surface area contributed by atoms with Gasteiger partial charge in [0.25, 0.3) is 0 Å². The first-order valence-electron chi connectivity index (χ1n) is 5.79. The Balaban J connectivity index is 1.94. The molecule has 0 heterocycles. The molecule has 2 N–H and O–H groups in total. The predicted octanol–water partition coefficient (Wildman–Crippen LogP) is 3.94. The van der Waals surface area contributed by atoms with Gasteiger partial charge in [-0.15, -0.1) is 0 Å². The molecule has 0 aliphatic carbocycles. The van der Waals surface area contributed by atoms with Crippen LogP contribution in [0, 0.1) is 11.6 Å². The van der Waals surface area contributed by atoms with E-state index < -0.39 is 17.7 Å². The van der Waals surface area contributed by atoms with Gasteiger partial charge >= 0.3 is 6.03 Å². The largest absolute Gasteiger partial charge is 0.334 e. The molecule has 3 nitrogen and oxygen atoms in total. The number of amides is 2. The highest BCUT2D eigenvalue weighted by Gasteiger charge is 2.07. The summed E-state index contributed by atoms with van der Waals surface area (Å²) in [5.41, 5.74) is 0.645. The van der Waals surface area contributed by atoms with Gasteiger partial charge in [-0.3, -0.25) is 0 Å². The van der Waals surface area contributed by atoms with E-state index in [1.165, 1.54) is 18.2 Å². The minimum Gasteiger partial charge on any atom is -0.334 e. The Kier molecular flexibility index (Phi) is 4.53. The first-order chi connectivity index (χ1) is 9.56. The fraction of sp³-hybridized carbons (Fsp3) is 0.0714. The maximum absolute atomic E-state index is 13.3. The number of carbonyl (C=O) groups is 1. The molecule has 2 rings (SSSR count). The molecule has 6 heteroatoms. The summed E-state index contributed by atoms with van der Waals surface area (Å²) in [6.45, 7) is 0.0390. The van der Waals surface area contributed by atoms with E-state index in [1.807, 2.05) is 0 Å². The van der Waals surface area contributed by atoms with Crippen LogP contribution in [-0.2, 0) is 6.54 Å². The number of hydrogen-bond donors (Lipinski definition) is 2. The Morgan fingerprint density at radius 2 is 1.90 bits per heavy atom. The maximum atomic E-state index is 13.3. The zero-order chi connectivity index (χ0) is 14.5. The molecule has 0 spiro atoms. The number of anilines is 1.